The van der Waals surface area contributed by atoms with E-state index in [1.54, 1.807) is 17.4 Å². The smallest absolute Gasteiger partial charge is 0.251 e. The van der Waals surface area contributed by atoms with E-state index in [0.29, 0.717) is 18.5 Å². The number of aliphatic hydroxyl groups excluding tert-OH is 1. The van der Waals surface area contributed by atoms with Crippen LogP contribution in [0.25, 0.3) is 0 Å². The molecule has 1 unspecified atom stereocenters. The first-order valence-electron chi connectivity index (χ1n) is 6.22. The lowest BCUT2D eigenvalue weighted by Gasteiger charge is -2.10. The van der Waals surface area contributed by atoms with E-state index in [4.69, 9.17) is 0 Å². The molecule has 2 N–H and O–H groups in total. The first-order valence-corrected chi connectivity index (χ1v) is 7.17. The molecule has 1 aromatic carbocycles. The lowest BCUT2D eigenvalue weighted by Crippen LogP contribution is -2.26. The van der Waals surface area contributed by atoms with Crippen molar-refractivity contribution in [3.05, 3.63) is 57.8 Å². The fraction of sp³-hybridized carbons (Fsp3) is 0.267. The van der Waals surface area contributed by atoms with Gasteiger partial charge in [0.05, 0.1) is 6.10 Å². The molecule has 0 aliphatic heterocycles. The van der Waals surface area contributed by atoms with Crippen LogP contribution in [0, 0.1) is 6.92 Å². The van der Waals surface area contributed by atoms with E-state index in [1.165, 1.54) is 0 Å². The quantitative estimate of drug-likeness (QED) is 0.881. The molecule has 0 saturated carbocycles. The summed E-state index contributed by atoms with van der Waals surface area (Å²) in [6, 6.07) is 9.38. The zero-order valence-electron chi connectivity index (χ0n) is 10.8. The third kappa shape index (κ3) is 3.66. The van der Waals surface area contributed by atoms with Gasteiger partial charge in [-0.05, 0) is 47.4 Å². The van der Waals surface area contributed by atoms with Crippen molar-refractivity contribution in [3.8, 4) is 0 Å². The lowest BCUT2D eigenvalue weighted by atomic mass is 10.1. The van der Waals surface area contributed by atoms with Crippen LogP contribution in [0.3, 0.4) is 0 Å². The third-order valence-corrected chi connectivity index (χ3v) is 3.72. The summed E-state index contributed by atoms with van der Waals surface area (Å²) in [5, 5.41) is 16.6. The van der Waals surface area contributed by atoms with E-state index < -0.39 is 6.10 Å². The van der Waals surface area contributed by atoms with Crippen LogP contribution in [0.1, 0.15) is 34.0 Å². The van der Waals surface area contributed by atoms with Crippen LogP contribution in [0.4, 0.5) is 0 Å². The average Bonchev–Trinajstić information content (AvgIpc) is 2.93. The molecule has 1 aromatic heterocycles. The molecule has 2 aromatic rings. The number of hydrogen-bond donors (Lipinski definition) is 2. The second-order valence-corrected chi connectivity index (χ2v) is 5.21. The van der Waals surface area contributed by atoms with Crippen LogP contribution in [0.2, 0.25) is 0 Å². The van der Waals surface area contributed by atoms with E-state index >= 15 is 0 Å². The largest absolute Gasteiger partial charge is 0.388 e. The van der Waals surface area contributed by atoms with Crippen molar-refractivity contribution in [1.82, 2.24) is 5.32 Å². The molecular formula is C15H17NO2S. The predicted molar refractivity (Wildman–Crippen MR) is 77.4 cm³/mol. The van der Waals surface area contributed by atoms with Gasteiger partial charge in [0.15, 0.2) is 0 Å². The number of aryl methyl sites for hydroxylation is 1. The number of carbonyl (C=O) groups is 1. The number of benzene rings is 1. The van der Waals surface area contributed by atoms with Crippen LogP contribution < -0.4 is 5.32 Å². The fourth-order valence-corrected chi connectivity index (χ4v) is 2.58. The molecule has 0 fully saturated rings. The first-order chi connectivity index (χ1) is 9.18. The molecule has 0 spiro atoms. The Hall–Kier alpha value is -1.65. The van der Waals surface area contributed by atoms with Gasteiger partial charge in [-0.2, -0.15) is 11.3 Å². The Balaban J connectivity index is 1.83. The van der Waals surface area contributed by atoms with Gasteiger partial charge < -0.3 is 10.4 Å². The highest BCUT2D eigenvalue weighted by atomic mass is 32.1. The number of carbonyl (C=O) groups excluding carboxylic acids is 1. The minimum Gasteiger partial charge on any atom is -0.388 e. The molecule has 2 rings (SSSR count). The van der Waals surface area contributed by atoms with Gasteiger partial charge in [0.25, 0.3) is 5.91 Å². The molecule has 19 heavy (non-hydrogen) atoms. The Labute approximate surface area is 116 Å². The fourth-order valence-electron chi connectivity index (χ4n) is 1.88. The van der Waals surface area contributed by atoms with Crippen LogP contribution in [0.15, 0.2) is 41.1 Å². The monoisotopic (exact) mass is 275 g/mol. The minimum absolute atomic E-state index is 0.0874. The van der Waals surface area contributed by atoms with Gasteiger partial charge in [-0.15, -0.1) is 0 Å². The van der Waals surface area contributed by atoms with Gasteiger partial charge in [-0.3, -0.25) is 4.79 Å². The molecule has 0 aliphatic carbocycles. The summed E-state index contributed by atoms with van der Waals surface area (Å²) in [6.45, 7) is 2.37. The Morgan fingerprint density at radius 3 is 2.84 bits per heavy atom. The summed E-state index contributed by atoms with van der Waals surface area (Å²) < 4.78 is 0. The molecule has 3 nitrogen and oxygen atoms in total. The summed E-state index contributed by atoms with van der Waals surface area (Å²) in [4.78, 5) is 11.9. The average molecular weight is 275 g/mol. The van der Waals surface area contributed by atoms with Crippen LogP contribution in [-0.2, 0) is 0 Å². The molecule has 0 saturated heterocycles. The molecular weight excluding hydrogens is 258 g/mol. The van der Waals surface area contributed by atoms with Gasteiger partial charge in [-0.25, -0.2) is 0 Å². The second-order valence-electron chi connectivity index (χ2n) is 4.43. The Morgan fingerprint density at radius 1 is 1.37 bits per heavy atom. The lowest BCUT2D eigenvalue weighted by molar-refractivity contribution is 0.0942. The van der Waals surface area contributed by atoms with Gasteiger partial charge in [0, 0.05) is 12.1 Å². The summed E-state index contributed by atoms with van der Waals surface area (Å²) >= 11 is 1.56. The molecule has 1 atom stereocenters. The van der Waals surface area contributed by atoms with Crippen molar-refractivity contribution in [2.75, 3.05) is 6.54 Å². The number of thiophene rings is 1. The molecule has 1 heterocycles. The molecule has 1 amide bonds. The van der Waals surface area contributed by atoms with E-state index in [1.807, 2.05) is 41.9 Å². The normalized spacial score (nSPS) is 12.1. The molecule has 4 heteroatoms. The molecule has 100 valence electrons. The zero-order valence-corrected chi connectivity index (χ0v) is 11.6. The summed E-state index contributed by atoms with van der Waals surface area (Å²) in [5.41, 5.74) is 2.56. The Morgan fingerprint density at radius 2 is 2.16 bits per heavy atom. The van der Waals surface area contributed by atoms with Crippen LogP contribution in [0.5, 0.6) is 0 Å². The van der Waals surface area contributed by atoms with Crippen molar-refractivity contribution in [3.63, 3.8) is 0 Å². The van der Waals surface area contributed by atoms with E-state index in [0.717, 1.165) is 11.1 Å². The highest BCUT2D eigenvalue weighted by Crippen LogP contribution is 2.18. The molecule has 0 aliphatic rings. The van der Waals surface area contributed by atoms with Crippen molar-refractivity contribution < 1.29 is 9.90 Å². The predicted octanol–water partition coefficient (Wildman–Crippen LogP) is 2.91. The number of nitrogens with one attached hydrogen (secondary N) is 1. The van der Waals surface area contributed by atoms with Gasteiger partial charge in [0.1, 0.15) is 0 Å². The maximum Gasteiger partial charge on any atom is 0.251 e. The molecule has 0 radical (unpaired) electrons. The Kier molecular flexibility index (Phi) is 4.71. The van der Waals surface area contributed by atoms with Gasteiger partial charge >= 0.3 is 0 Å². The van der Waals surface area contributed by atoms with Crippen LogP contribution >= 0.6 is 11.3 Å². The van der Waals surface area contributed by atoms with Gasteiger partial charge in [0.2, 0.25) is 0 Å². The van der Waals surface area contributed by atoms with Crippen molar-refractivity contribution in [1.29, 1.82) is 0 Å². The minimum atomic E-state index is -0.511. The summed E-state index contributed by atoms with van der Waals surface area (Å²) in [7, 11) is 0. The first kappa shape index (κ1) is 13.8. The van der Waals surface area contributed by atoms with Crippen molar-refractivity contribution >= 4 is 17.2 Å². The third-order valence-electron chi connectivity index (χ3n) is 3.02. The van der Waals surface area contributed by atoms with E-state index in [9.17, 15) is 9.90 Å². The number of rotatable bonds is 5. The maximum atomic E-state index is 11.9. The van der Waals surface area contributed by atoms with E-state index in [-0.39, 0.29) is 5.91 Å². The number of aliphatic hydroxyl groups is 1. The second kappa shape index (κ2) is 6.50. The summed E-state index contributed by atoms with van der Waals surface area (Å²) in [6.07, 6.45) is 0.0115. The SMILES string of the molecule is Cc1ccccc1C(=O)NCCC(O)c1ccsc1. The Bertz CT molecular complexity index is 537. The highest BCUT2D eigenvalue weighted by molar-refractivity contribution is 7.07. The number of hydrogen-bond acceptors (Lipinski definition) is 3. The van der Waals surface area contributed by atoms with Crippen LogP contribution in [-0.4, -0.2) is 17.6 Å². The van der Waals surface area contributed by atoms with Crippen molar-refractivity contribution in [2.24, 2.45) is 0 Å². The van der Waals surface area contributed by atoms with E-state index in [2.05, 4.69) is 5.32 Å². The standard InChI is InChI=1S/C15H17NO2S/c1-11-4-2-3-5-13(11)15(18)16-8-6-14(17)12-7-9-19-10-12/h2-5,7,9-10,14,17H,6,8H2,1H3,(H,16,18). The number of amides is 1. The van der Waals surface area contributed by atoms with Crippen molar-refractivity contribution in [2.45, 2.75) is 19.4 Å². The highest BCUT2D eigenvalue weighted by Gasteiger charge is 2.10. The van der Waals surface area contributed by atoms with Gasteiger partial charge in [-0.1, -0.05) is 18.2 Å². The maximum absolute atomic E-state index is 11.9. The zero-order chi connectivity index (χ0) is 13.7. The topological polar surface area (TPSA) is 49.3 Å². The summed E-state index contributed by atoms with van der Waals surface area (Å²) in [5.74, 6) is -0.0874. The molecule has 0 bridgehead atoms.